The van der Waals surface area contributed by atoms with Crippen molar-refractivity contribution < 1.29 is 19.1 Å². The molecule has 0 spiro atoms. The van der Waals surface area contributed by atoms with Crippen molar-refractivity contribution in [2.75, 3.05) is 52.3 Å². The lowest BCUT2D eigenvalue weighted by molar-refractivity contribution is -0.117. The second kappa shape index (κ2) is 10.1. The maximum absolute atomic E-state index is 12.8. The van der Waals surface area contributed by atoms with Crippen molar-refractivity contribution in [1.82, 2.24) is 9.80 Å². The molecule has 1 heterocycles. The van der Waals surface area contributed by atoms with Crippen LogP contribution >= 0.6 is 0 Å². The molecule has 0 saturated carbocycles. The highest BCUT2D eigenvalue weighted by molar-refractivity contribution is 5.95. The molecule has 7 nitrogen and oxygen atoms in total. The average molecular weight is 412 g/mol. The van der Waals surface area contributed by atoms with Crippen LogP contribution in [0.25, 0.3) is 0 Å². The third-order valence-corrected chi connectivity index (χ3v) is 5.33. The number of hydrogen-bond donors (Lipinski definition) is 1. The fourth-order valence-corrected chi connectivity index (χ4v) is 3.60. The number of hydrogen-bond acceptors (Lipinski definition) is 5. The Morgan fingerprint density at radius 1 is 0.967 bits per heavy atom. The van der Waals surface area contributed by atoms with Gasteiger partial charge in [-0.2, -0.15) is 0 Å². The van der Waals surface area contributed by atoms with Crippen LogP contribution in [-0.4, -0.2) is 68.6 Å². The molecule has 1 fully saturated rings. The monoisotopic (exact) mass is 411 g/mol. The normalized spacial score (nSPS) is 14.3. The molecule has 3 rings (SSSR count). The molecule has 160 valence electrons. The number of carbonyl (C=O) groups is 2. The number of ether oxygens (including phenoxy) is 2. The van der Waals surface area contributed by atoms with Crippen LogP contribution in [0.3, 0.4) is 0 Å². The van der Waals surface area contributed by atoms with E-state index < -0.39 is 0 Å². The van der Waals surface area contributed by atoms with Crippen LogP contribution in [0.2, 0.25) is 0 Å². The molecule has 0 atom stereocenters. The van der Waals surface area contributed by atoms with Crippen LogP contribution in [0.15, 0.2) is 42.5 Å². The Morgan fingerprint density at radius 3 is 2.33 bits per heavy atom. The SMILES string of the molecule is CCc1ccccc1NC(=O)CN1CCN(C(=O)c2ccc(OC)c(OC)c2)CC1. The van der Waals surface area contributed by atoms with Gasteiger partial charge in [0.1, 0.15) is 0 Å². The Kier molecular flexibility index (Phi) is 7.30. The molecule has 0 radical (unpaired) electrons. The smallest absolute Gasteiger partial charge is 0.254 e. The number of nitrogens with zero attached hydrogens (tertiary/aromatic N) is 2. The molecular formula is C23H29N3O4. The Hall–Kier alpha value is -3.06. The summed E-state index contributed by atoms with van der Waals surface area (Å²) < 4.78 is 10.5. The molecule has 2 amide bonds. The first-order valence-corrected chi connectivity index (χ1v) is 10.2. The molecule has 2 aromatic carbocycles. The maximum atomic E-state index is 12.8. The lowest BCUT2D eigenvalue weighted by Gasteiger charge is -2.34. The van der Waals surface area contributed by atoms with Crippen LogP contribution in [0, 0.1) is 0 Å². The number of benzene rings is 2. The van der Waals surface area contributed by atoms with Crippen LogP contribution in [0.1, 0.15) is 22.8 Å². The number of nitrogens with one attached hydrogen (secondary N) is 1. The van der Waals surface area contributed by atoms with E-state index in [2.05, 4.69) is 17.1 Å². The van der Waals surface area contributed by atoms with E-state index in [1.54, 1.807) is 32.4 Å². The van der Waals surface area contributed by atoms with E-state index in [0.29, 0.717) is 49.8 Å². The van der Waals surface area contributed by atoms with Gasteiger partial charge in [-0.05, 0) is 36.2 Å². The largest absolute Gasteiger partial charge is 0.493 e. The van der Waals surface area contributed by atoms with Gasteiger partial charge in [-0.25, -0.2) is 0 Å². The molecule has 0 aromatic heterocycles. The highest BCUT2D eigenvalue weighted by Crippen LogP contribution is 2.28. The molecule has 2 aromatic rings. The lowest BCUT2D eigenvalue weighted by atomic mass is 10.1. The molecule has 0 aliphatic carbocycles. The second-order valence-electron chi connectivity index (χ2n) is 7.20. The fraction of sp³-hybridized carbons (Fsp3) is 0.391. The summed E-state index contributed by atoms with van der Waals surface area (Å²) in [6.45, 7) is 4.85. The number of carbonyl (C=O) groups excluding carboxylic acids is 2. The number of anilines is 1. The van der Waals surface area contributed by atoms with E-state index >= 15 is 0 Å². The van der Waals surface area contributed by atoms with Crippen LogP contribution in [0.4, 0.5) is 5.69 Å². The average Bonchev–Trinajstić information content (AvgIpc) is 2.79. The van der Waals surface area contributed by atoms with E-state index in [-0.39, 0.29) is 11.8 Å². The van der Waals surface area contributed by atoms with Crippen molar-refractivity contribution in [1.29, 1.82) is 0 Å². The van der Waals surface area contributed by atoms with Crippen molar-refractivity contribution >= 4 is 17.5 Å². The standard InChI is InChI=1S/C23H29N3O4/c1-4-17-7-5-6-8-19(17)24-22(27)16-25-11-13-26(14-12-25)23(28)18-9-10-20(29-2)21(15-18)30-3/h5-10,15H,4,11-14,16H2,1-3H3,(H,24,27). The summed E-state index contributed by atoms with van der Waals surface area (Å²) in [5.74, 6) is 1.05. The summed E-state index contributed by atoms with van der Waals surface area (Å²) in [5.41, 5.74) is 2.55. The zero-order chi connectivity index (χ0) is 21.5. The molecule has 1 saturated heterocycles. The topological polar surface area (TPSA) is 71.1 Å². The van der Waals surface area contributed by atoms with Crippen molar-refractivity contribution in [3.8, 4) is 11.5 Å². The maximum Gasteiger partial charge on any atom is 0.254 e. The van der Waals surface area contributed by atoms with Crippen molar-refractivity contribution in [3.63, 3.8) is 0 Å². The van der Waals surface area contributed by atoms with Crippen LogP contribution < -0.4 is 14.8 Å². The molecule has 7 heteroatoms. The first kappa shape index (κ1) is 21.6. The number of amides is 2. The van der Waals surface area contributed by atoms with Gasteiger partial charge in [0, 0.05) is 37.4 Å². The van der Waals surface area contributed by atoms with Gasteiger partial charge in [-0.1, -0.05) is 25.1 Å². The van der Waals surface area contributed by atoms with Gasteiger partial charge in [-0.15, -0.1) is 0 Å². The highest BCUT2D eigenvalue weighted by Gasteiger charge is 2.24. The molecule has 0 bridgehead atoms. The summed E-state index contributed by atoms with van der Waals surface area (Å²) in [6, 6.07) is 13.0. The predicted octanol–water partition coefficient (Wildman–Crippen LogP) is 2.66. The van der Waals surface area contributed by atoms with E-state index in [0.717, 1.165) is 17.7 Å². The number of aryl methyl sites for hydroxylation is 1. The van der Waals surface area contributed by atoms with Crippen LogP contribution in [0.5, 0.6) is 11.5 Å². The Bertz CT molecular complexity index is 892. The summed E-state index contributed by atoms with van der Waals surface area (Å²) in [5, 5.41) is 3.01. The number of rotatable bonds is 7. The second-order valence-corrected chi connectivity index (χ2v) is 7.20. The molecule has 1 N–H and O–H groups in total. The van der Waals surface area contributed by atoms with E-state index in [9.17, 15) is 9.59 Å². The van der Waals surface area contributed by atoms with E-state index in [4.69, 9.17) is 9.47 Å². The zero-order valence-electron chi connectivity index (χ0n) is 17.8. The summed E-state index contributed by atoms with van der Waals surface area (Å²) in [7, 11) is 3.12. The number of para-hydroxylation sites is 1. The highest BCUT2D eigenvalue weighted by atomic mass is 16.5. The fourth-order valence-electron chi connectivity index (χ4n) is 3.60. The summed E-state index contributed by atoms with van der Waals surface area (Å²) in [6.07, 6.45) is 0.868. The van der Waals surface area contributed by atoms with Gasteiger partial charge < -0.3 is 19.7 Å². The third-order valence-electron chi connectivity index (χ3n) is 5.33. The Labute approximate surface area is 177 Å². The van der Waals surface area contributed by atoms with Gasteiger partial charge in [0.2, 0.25) is 5.91 Å². The minimum atomic E-state index is -0.0445. The molecular weight excluding hydrogens is 382 g/mol. The van der Waals surface area contributed by atoms with Gasteiger partial charge in [0.25, 0.3) is 5.91 Å². The van der Waals surface area contributed by atoms with Crippen molar-refractivity contribution in [2.24, 2.45) is 0 Å². The molecule has 1 aliphatic heterocycles. The lowest BCUT2D eigenvalue weighted by Crippen LogP contribution is -2.50. The zero-order valence-corrected chi connectivity index (χ0v) is 17.8. The Balaban J connectivity index is 1.53. The van der Waals surface area contributed by atoms with E-state index in [1.165, 1.54) is 0 Å². The minimum Gasteiger partial charge on any atom is -0.493 e. The predicted molar refractivity (Wildman–Crippen MR) is 116 cm³/mol. The summed E-state index contributed by atoms with van der Waals surface area (Å²) in [4.78, 5) is 29.2. The molecule has 0 unspecified atom stereocenters. The number of methoxy groups -OCH3 is 2. The van der Waals surface area contributed by atoms with Crippen molar-refractivity contribution in [3.05, 3.63) is 53.6 Å². The first-order chi connectivity index (χ1) is 14.5. The van der Waals surface area contributed by atoms with Gasteiger partial charge in [0.05, 0.1) is 20.8 Å². The Morgan fingerprint density at radius 2 is 1.67 bits per heavy atom. The minimum absolute atomic E-state index is 0.0319. The van der Waals surface area contributed by atoms with E-state index in [1.807, 2.05) is 29.2 Å². The summed E-state index contributed by atoms with van der Waals surface area (Å²) >= 11 is 0. The van der Waals surface area contributed by atoms with Crippen molar-refractivity contribution in [2.45, 2.75) is 13.3 Å². The van der Waals surface area contributed by atoms with Crippen LogP contribution in [-0.2, 0) is 11.2 Å². The van der Waals surface area contributed by atoms with Gasteiger partial charge >= 0.3 is 0 Å². The quantitative estimate of drug-likeness (QED) is 0.759. The van der Waals surface area contributed by atoms with Gasteiger partial charge in [-0.3, -0.25) is 14.5 Å². The third kappa shape index (κ3) is 5.10. The first-order valence-electron chi connectivity index (χ1n) is 10.2. The molecule has 30 heavy (non-hydrogen) atoms. The molecule has 1 aliphatic rings. The van der Waals surface area contributed by atoms with Gasteiger partial charge in [0.15, 0.2) is 11.5 Å². The number of piperazine rings is 1.